The molecular weight excluding hydrogens is 254 g/mol. The normalized spacial score (nSPS) is 14.1. The fourth-order valence-corrected chi connectivity index (χ4v) is 2.00. The third-order valence-corrected chi connectivity index (χ3v) is 3.24. The summed E-state index contributed by atoms with van der Waals surface area (Å²) in [7, 11) is 0. The summed E-state index contributed by atoms with van der Waals surface area (Å²) < 4.78 is 0. The van der Waals surface area contributed by atoms with E-state index in [2.05, 4.69) is 31.3 Å². The third-order valence-electron chi connectivity index (χ3n) is 3.24. The van der Waals surface area contributed by atoms with Gasteiger partial charge in [-0.05, 0) is 30.4 Å². The number of aliphatic hydroxyl groups excluding tert-OH is 2. The van der Waals surface area contributed by atoms with Crippen LogP contribution in [0.5, 0.6) is 0 Å². The van der Waals surface area contributed by atoms with Gasteiger partial charge in [-0.15, -0.1) is 0 Å². The van der Waals surface area contributed by atoms with Crippen molar-refractivity contribution >= 4 is 5.91 Å². The van der Waals surface area contributed by atoms with Gasteiger partial charge in [0.2, 0.25) is 5.91 Å². The summed E-state index contributed by atoms with van der Waals surface area (Å²) in [6, 6.07) is 8.07. The Balaban J connectivity index is 2.58. The molecule has 0 aromatic heterocycles. The molecule has 0 fully saturated rings. The van der Waals surface area contributed by atoms with Crippen molar-refractivity contribution in [2.75, 3.05) is 13.2 Å². The Morgan fingerprint density at radius 2 is 1.80 bits per heavy atom. The molecule has 0 aliphatic heterocycles. The molecule has 20 heavy (non-hydrogen) atoms. The van der Waals surface area contributed by atoms with E-state index < -0.39 is 6.10 Å². The molecule has 0 saturated heterocycles. The van der Waals surface area contributed by atoms with Crippen molar-refractivity contribution in [1.29, 1.82) is 0 Å². The molecule has 0 heterocycles. The first kappa shape index (κ1) is 16.7. The van der Waals surface area contributed by atoms with Crippen LogP contribution in [-0.2, 0) is 11.2 Å². The van der Waals surface area contributed by atoms with Crippen LogP contribution in [0, 0.1) is 5.92 Å². The lowest BCUT2D eigenvalue weighted by molar-refractivity contribution is -0.122. The number of benzene rings is 1. The quantitative estimate of drug-likeness (QED) is 0.707. The average Bonchev–Trinajstić information content (AvgIpc) is 2.43. The molecule has 2 unspecified atom stereocenters. The van der Waals surface area contributed by atoms with Crippen molar-refractivity contribution < 1.29 is 15.0 Å². The Hall–Kier alpha value is -1.39. The molecule has 0 saturated carbocycles. The van der Waals surface area contributed by atoms with Crippen LogP contribution in [0.3, 0.4) is 0 Å². The van der Waals surface area contributed by atoms with Gasteiger partial charge < -0.3 is 15.5 Å². The van der Waals surface area contributed by atoms with Crippen LogP contribution in [-0.4, -0.2) is 35.4 Å². The van der Waals surface area contributed by atoms with Crippen molar-refractivity contribution in [3.05, 3.63) is 35.4 Å². The van der Waals surface area contributed by atoms with E-state index in [0.29, 0.717) is 5.92 Å². The number of carbonyl (C=O) groups is 1. The SMILES string of the molecule is CC(C)Cc1ccc(C(C)C(=O)NCC(O)CO)cc1. The Morgan fingerprint density at radius 3 is 2.30 bits per heavy atom. The summed E-state index contributed by atoms with van der Waals surface area (Å²) in [5.74, 6) is 0.199. The number of aliphatic hydroxyl groups is 2. The van der Waals surface area contributed by atoms with Gasteiger partial charge in [0.25, 0.3) is 0 Å². The standard InChI is InChI=1S/C16H25NO3/c1-11(2)8-13-4-6-14(7-5-13)12(3)16(20)17-9-15(19)10-18/h4-7,11-12,15,18-19H,8-10H2,1-3H3,(H,17,20). The second kappa shape index (κ2) is 8.02. The molecule has 0 bridgehead atoms. The highest BCUT2D eigenvalue weighted by molar-refractivity contribution is 5.83. The van der Waals surface area contributed by atoms with Gasteiger partial charge in [0.05, 0.1) is 18.6 Å². The van der Waals surface area contributed by atoms with Crippen LogP contribution >= 0.6 is 0 Å². The van der Waals surface area contributed by atoms with Gasteiger partial charge in [0, 0.05) is 6.54 Å². The molecule has 1 amide bonds. The van der Waals surface area contributed by atoms with E-state index >= 15 is 0 Å². The van der Waals surface area contributed by atoms with Crippen molar-refractivity contribution in [3.63, 3.8) is 0 Å². The van der Waals surface area contributed by atoms with E-state index in [1.165, 1.54) is 5.56 Å². The van der Waals surface area contributed by atoms with E-state index in [-0.39, 0.29) is 25.0 Å². The summed E-state index contributed by atoms with van der Waals surface area (Å²) >= 11 is 0. The zero-order valence-corrected chi connectivity index (χ0v) is 12.5. The van der Waals surface area contributed by atoms with Gasteiger partial charge in [-0.1, -0.05) is 38.1 Å². The molecule has 0 radical (unpaired) electrons. The van der Waals surface area contributed by atoms with Crippen molar-refractivity contribution in [1.82, 2.24) is 5.32 Å². The molecule has 112 valence electrons. The lowest BCUT2D eigenvalue weighted by atomic mass is 9.96. The van der Waals surface area contributed by atoms with Gasteiger partial charge in [-0.3, -0.25) is 4.79 Å². The molecule has 0 spiro atoms. The van der Waals surface area contributed by atoms with Crippen LogP contribution in [0.4, 0.5) is 0 Å². The van der Waals surface area contributed by atoms with Crippen molar-refractivity contribution in [3.8, 4) is 0 Å². The van der Waals surface area contributed by atoms with E-state index in [0.717, 1.165) is 12.0 Å². The fourth-order valence-electron chi connectivity index (χ4n) is 2.00. The summed E-state index contributed by atoms with van der Waals surface area (Å²) in [5, 5.41) is 20.5. The summed E-state index contributed by atoms with van der Waals surface area (Å²) in [4.78, 5) is 11.9. The number of hydrogen-bond acceptors (Lipinski definition) is 3. The molecule has 4 nitrogen and oxygen atoms in total. The number of amides is 1. The molecule has 0 aliphatic rings. The molecule has 1 aromatic rings. The van der Waals surface area contributed by atoms with E-state index in [4.69, 9.17) is 5.11 Å². The predicted octanol–water partition coefficient (Wildman–Crippen LogP) is 1.46. The molecule has 4 heteroatoms. The van der Waals surface area contributed by atoms with E-state index in [9.17, 15) is 9.90 Å². The summed E-state index contributed by atoms with van der Waals surface area (Å²) in [6.07, 6.45) is 0.128. The monoisotopic (exact) mass is 279 g/mol. The van der Waals surface area contributed by atoms with Gasteiger partial charge in [-0.2, -0.15) is 0 Å². The van der Waals surface area contributed by atoms with Crippen LogP contribution in [0.25, 0.3) is 0 Å². The van der Waals surface area contributed by atoms with Gasteiger partial charge in [0.1, 0.15) is 0 Å². The Kier molecular flexibility index (Phi) is 6.68. The smallest absolute Gasteiger partial charge is 0.227 e. The lowest BCUT2D eigenvalue weighted by Crippen LogP contribution is -2.36. The second-order valence-electron chi connectivity index (χ2n) is 5.64. The maximum Gasteiger partial charge on any atom is 0.227 e. The molecule has 0 aliphatic carbocycles. The maximum atomic E-state index is 11.9. The summed E-state index contributed by atoms with van der Waals surface area (Å²) in [6.45, 7) is 5.91. The minimum Gasteiger partial charge on any atom is -0.394 e. The Morgan fingerprint density at radius 1 is 1.20 bits per heavy atom. The highest BCUT2D eigenvalue weighted by Crippen LogP contribution is 2.17. The Labute approximate surface area is 120 Å². The average molecular weight is 279 g/mol. The van der Waals surface area contributed by atoms with E-state index in [1.54, 1.807) is 0 Å². The predicted molar refractivity (Wildman–Crippen MR) is 79.5 cm³/mol. The van der Waals surface area contributed by atoms with Gasteiger partial charge in [0.15, 0.2) is 0 Å². The first-order valence-corrected chi connectivity index (χ1v) is 7.09. The number of nitrogens with one attached hydrogen (secondary N) is 1. The third kappa shape index (κ3) is 5.31. The molecule has 2 atom stereocenters. The van der Waals surface area contributed by atoms with E-state index in [1.807, 2.05) is 19.1 Å². The Bertz CT molecular complexity index is 414. The van der Waals surface area contributed by atoms with Gasteiger partial charge >= 0.3 is 0 Å². The van der Waals surface area contributed by atoms with Crippen molar-refractivity contribution in [2.24, 2.45) is 5.92 Å². The first-order valence-electron chi connectivity index (χ1n) is 7.09. The minimum absolute atomic E-state index is 0.0745. The maximum absolute atomic E-state index is 11.9. The van der Waals surface area contributed by atoms with Crippen LogP contribution in [0.15, 0.2) is 24.3 Å². The molecular formula is C16H25NO3. The zero-order valence-electron chi connectivity index (χ0n) is 12.5. The molecule has 1 rings (SSSR count). The molecule has 1 aromatic carbocycles. The van der Waals surface area contributed by atoms with Crippen LogP contribution < -0.4 is 5.32 Å². The summed E-state index contributed by atoms with van der Waals surface area (Å²) in [5.41, 5.74) is 2.22. The minimum atomic E-state index is -0.903. The van der Waals surface area contributed by atoms with Crippen LogP contribution in [0.2, 0.25) is 0 Å². The highest BCUT2D eigenvalue weighted by atomic mass is 16.3. The molecule has 3 N–H and O–H groups in total. The number of rotatable bonds is 7. The van der Waals surface area contributed by atoms with Crippen molar-refractivity contribution in [2.45, 2.75) is 39.2 Å². The van der Waals surface area contributed by atoms with Gasteiger partial charge in [-0.25, -0.2) is 0 Å². The lowest BCUT2D eigenvalue weighted by Gasteiger charge is -2.15. The first-order chi connectivity index (χ1) is 9.43. The topological polar surface area (TPSA) is 69.6 Å². The highest BCUT2D eigenvalue weighted by Gasteiger charge is 2.15. The largest absolute Gasteiger partial charge is 0.394 e. The second-order valence-corrected chi connectivity index (χ2v) is 5.64. The number of carbonyl (C=O) groups excluding carboxylic acids is 1. The zero-order chi connectivity index (χ0) is 15.1. The fraction of sp³-hybridized carbons (Fsp3) is 0.562. The number of hydrogen-bond donors (Lipinski definition) is 3. The van der Waals surface area contributed by atoms with Crippen LogP contribution in [0.1, 0.15) is 37.8 Å².